The first kappa shape index (κ1) is 15.9. The van der Waals surface area contributed by atoms with E-state index in [1.807, 2.05) is 12.3 Å². The monoisotopic (exact) mass is 317 g/mol. The number of hydrogen-bond acceptors (Lipinski definition) is 5. The third-order valence-corrected chi connectivity index (χ3v) is 4.44. The molecule has 0 aliphatic carbocycles. The summed E-state index contributed by atoms with van der Waals surface area (Å²) in [4.78, 5) is 14.8. The number of pyridine rings is 1. The number of piperidine rings is 1. The standard InChI is InChI=1S/C16H23N5O2/c1-23-10-9-20-7-4-13(5-8-20)11-17-16(22)14-3-2-6-21-12-18-19-15(14)21/h2-3,6,12-13H,4-5,7-11H2,1H3,(H,17,22). The van der Waals surface area contributed by atoms with E-state index in [0.29, 0.717) is 23.7 Å². The molecule has 3 heterocycles. The molecule has 3 rings (SSSR count). The Labute approximate surface area is 135 Å². The van der Waals surface area contributed by atoms with Crippen molar-refractivity contribution in [3.05, 3.63) is 30.2 Å². The SMILES string of the molecule is COCCN1CCC(CNC(=O)c2cccn3cnnc23)CC1. The highest BCUT2D eigenvalue weighted by atomic mass is 16.5. The molecule has 23 heavy (non-hydrogen) atoms. The Bertz CT molecular complexity index is 649. The van der Waals surface area contributed by atoms with Crippen LogP contribution in [-0.4, -0.2) is 65.3 Å². The summed E-state index contributed by atoms with van der Waals surface area (Å²) >= 11 is 0. The second-order valence-corrected chi connectivity index (χ2v) is 5.97. The van der Waals surface area contributed by atoms with E-state index in [-0.39, 0.29) is 5.91 Å². The van der Waals surface area contributed by atoms with Gasteiger partial charge in [-0.3, -0.25) is 9.20 Å². The number of carbonyl (C=O) groups excluding carboxylic acids is 1. The number of nitrogens with zero attached hydrogens (tertiary/aromatic N) is 4. The lowest BCUT2D eigenvalue weighted by Gasteiger charge is -2.31. The minimum atomic E-state index is -0.0783. The highest BCUT2D eigenvalue weighted by Crippen LogP contribution is 2.16. The fourth-order valence-electron chi connectivity index (χ4n) is 3.00. The zero-order chi connectivity index (χ0) is 16.1. The van der Waals surface area contributed by atoms with Gasteiger partial charge in [0.1, 0.15) is 6.33 Å². The molecule has 1 N–H and O–H groups in total. The molecule has 0 aromatic carbocycles. The molecule has 2 aromatic heterocycles. The van der Waals surface area contributed by atoms with Gasteiger partial charge < -0.3 is 15.0 Å². The highest BCUT2D eigenvalue weighted by Gasteiger charge is 2.20. The van der Waals surface area contributed by atoms with Gasteiger partial charge in [0.25, 0.3) is 5.91 Å². The van der Waals surface area contributed by atoms with E-state index in [1.54, 1.807) is 23.9 Å². The first-order valence-electron chi connectivity index (χ1n) is 8.06. The molecule has 0 bridgehead atoms. The maximum atomic E-state index is 12.4. The second kappa shape index (κ2) is 7.52. The Morgan fingerprint density at radius 3 is 3.04 bits per heavy atom. The van der Waals surface area contributed by atoms with Crippen molar-refractivity contribution in [1.82, 2.24) is 24.8 Å². The minimum absolute atomic E-state index is 0.0783. The van der Waals surface area contributed by atoms with Crippen molar-refractivity contribution in [2.75, 3.05) is 39.9 Å². The molecule has 0 saturated carbocycles. The van der Waals surface area contributed by atoms with E-state index < -0.39 is 0 Å². The average Bonchev–Trinajstić information content (AvgIpc) is 3.07. The van der Waals surface area contributed by atoms with Gasteiger partial charge in [0.15, 0.2) is 5.65 Å². The van der Waals surface area contributed by atoms with Gasteiger partial charge in [-0.25, -0.2) is 0 Å². The summed E-state index contributed by atoms with van der Waals surface area (Å²) in [5.41, 5.74) is 1.17. The fourth-order valence-corrected chi connectivity index (χ4v) is 3.00. The molecular weight excluding hydrogens is 294 g/mol. The van der Waals surface area contributed by atoms with Gasteiger partial charge in [-0.1, -0.05) is 0 Å². The van der Waals surface area contributed by atoms with Crippen LogP contribution in [0, 0.1) is 5.92 Å². The molecular formula is C16H23N5O2. The smallest absolute Gasteiger partial charge is 0.255 e. The van der Waals surface area contributed by atoms with Gasteiger partial charge in [0.05, 0.1) is 12.2 Å². The summed E-state index contributed by atoms with van der Waals surface area (Å²) in [5, 5.41) is 10.9. The largest absolute Gasteiger partial charge is 0.383 e. The van der Waals surface area contributed by atoms with E-state index >= 15 is 0 Å². The number of carbonyl (C=O) groups is 1. The Morgan fingerprint density at radius 1 is 1.43 bits per heavy atom. The Hall–Kier alpha value is -1.99. The number of methoxy groups -OCH3 is 1. The number of ether oxygens (including phenoxy) is 1. The van der Waals surface area contributed by atoms with Crippen LogP contribution in [0.4, 0.5) is 0 Å². The summed E-state index contributed by atoms with van der Waals surface area (Å²) in [5.74, 6) is 0.459. The molecule has 0 atom stereocenters. The van der Waals surface area contributed by atoms with E-state index in [4.69, 9.17) is 4.74 Å². The predicted molar refractivity (Wildman–Crippen MR) is 86.4 cm³/mol. The maximum Gasteiger partial charge on any atom is 0.255 e. The molecule has 1 saturated heterocycles. The number of amides is 1. The first-order chi connectivity index (χ1) is 11.3. The third kappa shape index (κ3) is 3.86. The number of nitrogens with one attached hydrogen (secondary N) is 1. The zero-order valence-corrected chi connectivity index (χ0v) is 13.4. The van der Waals surface area contributed by atoms with Crippen LogP contribution in [-0.2, 0) is 4.74 Å². The quantitative estimate of drug-likeness (QED) is 0.854. The molecule has 2 aromatic rings. The lowest BCUT2D eigenvalue weighted by molar-refractivity contribution is 0.0927. The molecule has 124 valence electrons. The van der Waals surface area contributed by atoms with Crippen molar-refractivity contribution in [3.8, 4) is 0 Å². The lowest BCUT2D eigenvalue weighted by Crippen LogP contribution is -2.39. The summed E-state index contributed by atoms with van der Waals surface area (Å²) in [6.45, 7) is 4.63. The maximum absolute atomic E-state index is 12.4. The molecule has 1 aliphatic heterocycles. The van der Waals surface area contributed by atoms with Crippen LogP contribution in [0.25, 0.3) is 5.65 Å². The van der Waals surface area contributed by atoms with Gasteiger partial charge in [0, 0.05) is 26.4 Å². The van der Waals surface area contributed by atoms with Crippen molar-refractivity contribution in [3.63, 3.8) is 0 Å². The van der Waals surface area contributed by atoms with Gasteiger partial charge >= 0.3 is 0 Å². The van der Waals surface area contributed by atoms with Crippen molar-refractivity contribution in [2.45, 2.75) is 12.8 Å². The summed E-state index contributed by atoms with van der Waals surface area (Å²) in [6.07, 6.45) is 5.65. The van der Waals surface area contributed by atoms with Gasteiger partial charge in [-0.15, -0.1) is 10.2 Å². The van der Waals surface area contributed by atoms with Crippen LogP contribution >= 0.6 is 0 Å². The molecule has 7 nitrogen and oxygen atoms in total. The van der Waals surface area contributed by atoms with Gasteiger partial charge in [-0.05, 0) is 44.0 Å². The fraction of sp³-hybridized carbons (Fsp3) is 0.562. The number of aromatic nitrogens is 3. The van der Waals surface area contributed by atoms with Crippen molar-refractivity contribution in [2.24, 2.45) is 5.92 Å². The van der Waals surface area contributed by atoms with Crippen LogP contribution in [0.3, 0.4) is 0 Å². The third-order valence-electron chi connectivity index (χ3n) is 4.44. The first-order valence-corrected chi connectivity index (χ1v) is 8.06. The Morgan fingerprint density at radius 2 is 2.26 bits per heavy atom. The Balaban J connectivity index is 1.49. The minimum Gasteiger partial charge on any atom is -0.383 e. The second-order valence-electron chi connectivity index (χ2n) is 5.97. The van der Waals surface area contributed by atoms with Crippen LogP contribution in [0.15, 0.2) is 24.7 Å². The topological polar surface area (TPSA) is 71.8 Å². The van der Waals surface area contributed by atoms with Crippen LogP contribution in [0.2, 0.25) is 0 Å². The number of hydrogen-bond donors (Lipinski definition) is 1. The highest BCUT2D eigenvalue weighted by molar-refractivity contribution is 5.99. The number of likely N-dealkylation sites (tertiary alicyclic amines) is 1. The average molecular weight is 317 g/mol. The van der Waals surface area contributed by atoms with Crippen molar-refractivity contribution in [1.29, 1.82) is 0 Å². The number of rotatable bonds is 6. The van der Waals surface area contributed by atoms with Gasteiger partial charge in [0.2, 0.25) is 0 Å². The van der Waals surface area contributed by atoms with E-state index in [1.165, 1.54) is 0 Å². The van der Waals surface area contributed by atoms with Crippen LogP contribution in [0.1, 0.15) is 23.2 Å². The summed E-state index contributed by atoms with van der Waals surface area (Å²) < 4.78 is 6.87. The molecule has 0 radical (unpaired) electrons. The predicted octanol–water partition coefficient (Wildman–Crippen LogP) is 0.817. The number of fused-ring (bicyclic) bond motifs is 1. The van der Waals surface area contributed by atoms with Crippen LogP contribution < -0.4 is 5.32 Å². The molecule has 0 spiro atoms. The summed E-state index contributed by atoms with van der Waals surface area (Å²) in [6, 6.07) is 3.62. The molecule has 1 amide bonds. The van der Waals surface area contributed by atoms with Gasteiger partial charge in [-0.2, -0.15) is 0 Å². The van der Waals surface area contributed by atoms with Crippen molar-refractivity contribution < 1.29 is 9.53 Å². The molecule has 1 aliphatic rings. The normalized spacial score (nSPS) is 16.7. The zero-order valence-electron chi connectivity index (χ0n) is 13.4. The van der Waals surface area contributed by atoms with E-state index in [9.17, 15) is 4.79 Å². The van der Waals surface area contributed by atoms with Crippen LogP contribution in [0.5, 0.6) is 0 Å². The van der Waals surface area contributed by atoms with E-state index in [0.717, 1.165) is 39.1 Å². The lowest BCUT2D eigenvalue weighted by atomic mass is 9.96. The molecule has 7 heteroatoms. The molecule has 1 fully saturated rings. The van der Waals surface area contributed by atoms with Crippen molar-refractivity contribution >= 4 is 11.6 Å². The summed E-state index contributed by atoms with van der Waals surface area (Å²) in [7, 11) is 1.73. The molecule has 0 unspecified atom stereocenters. The Kier molecular flexibility index (Phi) is 5.19. The van der Waals surface area contributed by atoms with E-state index in [2.05, 4.69) is 20.4 Å².